The van der Waals surface area contributed by atoms with Crippen LogP contribution in [-0.4, -0.2) is 65.4 Å². The zero-order chi connectivity index (χ0) is 30.1. The van der Waals surface area contributed by atoms with Crippen molar-refractivity contribution < 1.29 is 43.2 Å². The van der Waals surface area contributed by atoms with Gasteiger partial charge in [-0.15, -0.1) is 6.58 Å². The smallest absolute Gasteiger partial charge is 0.303 e. The summed E-state index contributed by atoms with van der Waals surface area (Å²) in [6.45, 7) is 18.5. The first-order valence-electron chi connectivity index (χ1n) is 14.6. The van der Waals surface area contributed by atoms with Crippen LogP contribution in [0.2, 0.25) is 0 Å². The number of hydrogen-bond acceptors (Lipinski definition) is 9. The molecule has 0 unspecified atom stereocenters. The Labute approximate surface area is 239 Å². The van der Waals surface area contributed by atoms with E-state index in [1.54, 1.807) is 6.08 Å². The zero-order valence-corrected chi connectivity index (χ0v) is 25.6. The van der Waals surface area contributed by atoms with Crippen LogP contribution in [0.4, 0.5) is 0 Å². The van der Waals surface area contributed by atoms with Crippen LogP contribution in [0.3, 0.4) is 0 Å². The minimum atomic E-state index is -1.17. The molecule has 1 heterocycles. The van der Waals surface area contributed by atoms with E-state index < -0.39 is 53.7 Å². The Bertz CT molecular complexity index is 958. The summed E-state index contributed by atoms with van der Waals surface area (Å²) in [5, 5.41) is 11.6. The Morgan fingerprint density at radius 1 is 0.975 bits per heavy atom. The summed E-state index contributed by atoms with van der Waals surface area (Å²) >= 11 is 0. The van der Waals surface area contributed by atoms with Crippen molar-refractivity contribution in [3.63, 3.8) is 0 Å². The van der Waals surface area contributed by atoms with Crippen LogP contribution in [0.5, 0.6) is 0 Å². The number of carbonyl (C=O) groups excluding carboxylic acids is 3. The number of esters is 3. The number of rotatable bonds is 9. The average molecular weight is 567 g/mol. The average Bonchev–Trinajstić information content (AvgIpc) is 2.80. The Morgan fingerprint density at radius 3 is 2.15 bits per heavy atom. The van der Waals surface area contributed by atoms with Gasteiger partial charge in [0.05, 0.1) is 17.8 Å². The van der Waals surface area contributed by atoms with Crippen LogP contribution in [0, 0.1) is 22.7 Å². The first kappa shape index (κ1) is 32.5. The molecule has 0 amide bonds. The molecule has 3 rings (SSSR count). The molecule has 0 bridgehead atoms. The van der Waals surface area contributed by atoms with Gasteiger partial charge in [-0.1, -0.05) is 33.3 Å². The van der Waals surface area contributed by atoms with Gasteiger partial charge in [-0.3, -0.25) is 14.4 Å². The second-order valence-corrected chi connectivity index (χ2v) is 13.5. The maximum Gasteiger partial charge on any atom is 0.303 e. The van der Waals surface area contributed by atoms with Gasteiger partial charge in [0.15, 0.2) is 24.6 Å². The van der Waals surface area contributed by atoms with E-state index in [-0.39, 0.29) is 23.4 Å². The molecular formula is C31H50O9. The molecule has 3 aliphatic rings. The first-order valence-corrected chi connectivity index (χ1v) is 14.6. The van der Waals surface area contributed by atoms with Crippen molar-refractivity contribution in [1.29, 1.82) is 0 Å². The number of fused-ring (bicyclic) bond motifs is 1. The molecule has 0 aromatic carbocycles. The Hall–Kier alpha value is -1.97. The number of carbonyl (C=O) groups is 3. The van der Waals surface area contributed by atoms with Crippen molar-refractivity contribution >= 4 is 17.9 Å². The van der Waals surface area contributed by atoms with Gasteiger partial charge in [0.25, 0.3) is 0 Å². The van der Waals surface area contributed by atoms with Crippen LogP contribution < -0.4 is 0 Å². The summed E-state index contributed by atoms with van der Waals surface area (Å²) in [7, 11) is 0. The second kappa shape index (κ2) is 12.1. The molecule has 1 aliphatic heterocycles. The van der Waals surface area contributed by atoms with Gasteiger partial charge in [0.1, 0.15) is 0 Å². The summed E-state index contributed by atoms with van der Waals surface area (Å²) in [5.41, 5.74) is -1.51. The molecule has 2 aliphatic carbocycles. The molecule has 40 heavy (non-hydrogen) atoms. The normalized spacial score (nSPS) is 38.7. The zero-order valence-electron chi connectivity index (χ0n) is 25.6. The van der Waals surface area contributed by atoms with E-state index in [0.717, 1.165) is 25.7 Å². The maximum atomic E-state index is 12.0. The lowest BCUT2D eigenvalue weighted by molar-refractivity contribution is -0.300. The predicted molar refractivity (Wildman–Crippen MR) is 148 cm³/mol. The molecule has 1 saturated heterocycles. The van der Waals surface area contributed by atoms with Gasteiger partial charge in [0, 0.05) is 20.8 Å². The highest BCUT2D eigenvalue weighted by Gasteiger charge is 2.58. The van der Waals surface area contributed by atoms with Crippen molar-refractivity contribution in [3.05, 3.63) is 12.7 Å². The quantitative estimate of drug-likeness (QED) is 0.237. The third-order valence-corrected chi connectivity index (χ3v) is 9.81. The van der Waals surface area contributed by atoms with Crippen LogP contribution in [-0.2, 0) is 38.1 Å². The Kier molecular flexibility index (Phi) is 9.84. The highest BCUT2D eigenvalue weighted by atomic mass is 16.7. The fraction of sp³-hybridized carbons (Fsp3) is 0.839. The van der Waals surface area contributed by atoms with E-state index in [9.17, 15) is 19.5 Å². The fourth-order valence-electron chi connectivity index (χ4n) is 7.98. The molecular weight excluding hydrogens is 516 g/mol. The molecule has 228 valence electrons. The summed E-state index contributed by atoms with van der Waals surface area (Å²) in [6, 6.07) is 0. The highest BCUT2D eigenvalue weighted by molar-refractivity contribution is 5.68. The van der Waals surface area contributed by atoms with Crippen molar-refractivity contribution in [3.8, 4) is 0 Å². The predicted octanol–water partition coefficient (Wildman–Crippen LogP) is 4.87. The van der Waals surface area contributed by atoms with Gasteiger partial charge in [0.2, 0.25) is 0 Å². The van der Waals surface area contributed by atoms with Crippen LogP contribution >= 0.6 is 0 Å². The van der Waals surface area contributed by atoms with Crippen molar-refractivity contribution in [2.24, 2.45) is 22.7 Å². The largest absolute Gasteiger partial charge is 0.456 e. The van der Waals surface area contributed by atoms with E-state index in [0.29, 0.717) is 18.8 Å². The van der Waals surface area contributed by atoms with Crippen LogP contribution in [0.1, 0.15) is 100 Å². The van der Waals surface area contributed by atoms with Crippen molar-refractivity contribution in [1.82, 2.24) is 0 Å². The van der Waals surface area contributed by atoms with Gasteiger partial charge in [-0.05, 0) is 75.0 Å². The van der Waals surface area contributed by atoms with E-state index in [1.165, 1.54) is 27.2 Å². The Morgan fingerprint density at radius 2 is 1.57 bits per heavy atom. The molecule has 9 atom stereocenters. The van der Waals surface area contributed by atoms with Gasteiger partial charge in [-0.2, -0.15) is 0 Å². The fourth-order valence-corrected chi connectivity index (χ4v) is 7.98. The second-order valence-electron chi connectivity index (χ2n) is 13.5. The molecule has 9 heteroatoms. The third kappa shape index (κ3) is 7.08. The van der Waals surface area contributed by atoms with Crippen LogP contribution in [0.25, 0.3) is 0 Å². The molecule has 0 aromatic rings. The summed E-state index contributed by atoms with van der Waals surface area (Å²) in [4.78, 5) is 35.7. The minimum absolute atomic E-state index is 0.00906. The summed E-state index contributed by atoms with van der Waals surface area (Å²) < 4.78 is 28.7. The van der Waals surface area contributed by atoms with Crippen molar-refractivity contribution in [2.75, 3.05) is 6.61 Å². The van der Waals surface area contributed by atoms with Crippen LogP contribution in [0.15, 0.2) is 12.7 Å². The monoisotopic (exact) mass is 566 g/mol. The maximum absolute atomic E-state index is 12.0. The molecule has 2 saturated carbocycles. The molecule has 0 radical (unpaired) electrons. The molecule has 1 N–H and O–H groups in total. The first-order chi connectivity index (χ1) is 18.4. The lowest BCUT2D eigenvalue weighted by Gasteiger charge is -2.61. The van der Waals surface area contributed by atoms with E-state index in [1.807, 2.05) is 13.8 Å². The Balaban J connectivity index is 1.84. The van der Waals surface area contributed by atoms with E-state index in [4.69, 9.17) is 23.7 Å². The number of hydrogen-bond donors (Lipinski definition) is 1. The lowest BCUT2D eigenvalue weighted by atomic mass is 9.45. The van der Waals surface area contributed by atoms with E-state index in [2.05, 4.69) is 27.4 Å². The van der Waals surface area contributed by atoms with E-state index >= 15 is 0 Å². The number of aliphatic hydroxyl groups is 1. The summed E-state index contributed by atoms with van der Waals surface area (Å²) in [6.07, 6.45) is 3.78. The highest BCUT2D eigenvalue weighted by Crippen LogP contribution is 2.63. The lowest BCUT2D eigenvalue weighted by Crippen LogP contribution is -2.59. The third-order valence-electron chi connectivity index (χ3n) is 9.81. The van der Waals surface area contributed by atoms with Gasteiger partial charge in [-0.25, -0.2) is 0 Å². The topological polar surface area (TPSA) is 118 Å². The summed E-state index contributed by atoms with van der Waals surface area (Å²) in [5.74, 6) is -1.25. The van der Waals surface area contributed by atoms with Crippen molar-refractivity contribution in [2.45, 2.75) is 136 Å². The molecule has 9 nitrogen and oxygen atoms in total. The number of ether oxygens (including phenoxy) is 5. The molecule has 3 fully saturated rings. The molecule has 0 aromatic heterocycles. The minimum Gasteiger partial charge on any atom is -0.456 e. The molecule has 0 spiro atoms. The standard InChI is InChI=1S/C31H50O9/c1-10-29(7,16-12-24-30(8)15-11-14-28(5,6)23(30)13-17-31(24,9)35)40-27-26(39-21(4)34)25(38-20(3)33)22(18-36-27)37-19(2)32/h10,22-27,35H,1,11-18H2,2-9H3/t22-,23+,24-,25-,26-,27+,29-,30+,31-/m1/s1. The van der Waals surface area contributed by atoms with Gasteiger partial charge >= 0.3 is 17.9 Å². The SMILES string of the molecule is C=C[C@](C)(CC[C@@H]1[C@@]2(C)CCCC(C)(C)[C@@H]2CC[C@@]1(C)O)O[C@@H]1OC[C@@H](OC(C)=O)[C@@H](OC(C)=O)[C@H]1OC(C)=O. The van der Waals surface area contributed by atoms with Gasteiger partial charge < -0.3 is 28.8 Å².